The highest BCUT2D eigenvalue weighted by atomic mass is 16.5. The maximum absolute atomic E-state index is 11.3. The van der Waals surface area contributed by atoms with Crippen molar-refractivity contribution in [2.45, 2.75) is 138 Å². The van der Waals surface area contributed by atoms with E-state index in [1.807, 2.05) is 13.8 Å². The Labute approximate surface area is 215 Å². The topological polar surface area (TPSA) is 55.8 Å². The summed E-state index contributed by atoms with van der Waals surface area (Å²) in [5, 5.41) is 9.26. The van der Waals surface area contributed by atoms with Gasteiger partial charge in [0.15, 0.2) is 6.10 Å². The first-order chi connectivity index (χ1) is 16.5. The second-order valence-corrected chi connectivity index (χ2v) is 11.8. The molecule has 4 nitrogen and oxygen atoms in total. The third-order valence-electron chi connectivity index (χ3n) is 8.05. The molecule has 0 amide bonds. The molecule has 35 heavy (non-hydrogen) atoms. The van der Waals surface area contributed by atoms with Gasteiger partial charge in [0, 0.05) is 5.56 Å². The van der Waals surface area contributed by atoms with Crippen molar-refractivity contribution < 1.29 is 19.4 Å². The van der Waals surface area contributed by atoms with E-state index >= 15 is 0 Å². The second-order valence-electron chi connectivity index (χ2n) is 11.8. The van der Waals surface area contributed by atoms with E-state index in [0.29, 0.717) is 5.75 Å². The Morgan fingerprint density at radius 2 is 1.46 bits per heavy atom. The minimum Gasteiger partial charge on any atom is -0.490 e. The number of hydrogen-bond acceptors (Lipinski definition) is 3. The fraction of sp³-hybridized carbons (Fsp3) is 0.774. The van der Waals surface area contributed by atoms with Gasteiger partial charge in [-0.05, 0) is 87.8 Å². The minimum absolute atomic E-state index is 0.276. The molecule has 0 aromatic heterocycles. The maximum Gasteiger partial charge on any atom is 0.344 e. The zero-order chi connectivity index (χ0) is 26.1. The van der Waals surface area contributed by atoms with Crippen LogP contribution >= 0.6 is 0 Å². The lowest BCUT2D eigenvalue weighted by molar-refractivity contribution is -0.144. The lowest BCUT2D eigenvalue weighted by atomic mass is 9.89. The van der Waals surface area contributed by atoms with E-state index in [9.17, 15) is 9.90 Å². The molecule has 0 saturated heterocycles. The molecule has 1 aromatic rings. The average Bonchev–Trinajstić information content (AvgIpc) is 2.79. The summed E-state index contributed by atoms with van der Waals surface area (Å²) < 4.78 is 12.3. The Hall–Kier alpha value is -1.71. The second kappa shape index (κ2) is 14.1. The van der Waals surface area contributed by atoms with Crippen molar-refractivity contribution in [3.63, 3.8) is 0 Å². The van der Waals surface area contributed by atoms with E-state index in [1.54, 1.807) is 6.92 Å². The van der Waals surface area contributed by atoms with Crippen LogP contribution in [0.1, 0.15) is 121 Å². The standard InChI is InChI=1S/C31H52O4/c1-20(2)12-9-13-21(3)14-10-15-22(4)16-11-17-27-18-19-28-25(7)29(34-26(8)31(32)33)23(5)24(6)30(28)35-27/h20-22,26-27H,9-19H2,1-8H3,(H,32,33)/t21-,22?,26?,27?/m1/s1. The highest BCUT2D eigenvalue weighted by molar-refractivity contribution is 5.72. The summed E-state index contributed by atoms with van der Waals surface area (Å²) >= 11 is 0. The van der Waals surface area contributed by atoms with Gasteiger partial charge in [-0.25, -0.2) is 4.79 Å². The van der Waals surface area contributed by atoms with Gasteiger partial charge >= 0.3 is 5.97 Å². The molecule has 1 aromatic carbocycles. The summed E-state index contributed by atoms with van der Waals surface area (Å²) in [6.07, 6.45) is 13.2. The molecule has 0 bridgehead atoms. The molecule has 1 N–H and O–H groups in total. The molecule has 0 aliphatic carbocycles. The van der Waals surface area contributed by atoms with Crippen LogP contribution in [0.5, 0.6) is 11.5 Å². The Bertz CT molecular complexity index is 813. The van der Waals surface area contributed by atoms with Gasteiger partial charge < -0.3 is 14.6 Å². The smallest absolute Gasteiger partial charge is 0.344 e. The number of rotatable bonds is 15. The molecule has 200 valence electrons. The normalized spacial score (nSPS) is 18.0. The lowest BCUT2D eigenvalue weighted by Crippen LogP contribution is -2.26. The highest BCUT2D eigenvalue weighted by Crippen LogP contribution is 2.42. The van der Waals surface area contributed by atoms with Crippen LogP contribution in [0.2, 0.25) is 0 Å². The van der Waals surface area contributed by atoms with Gasteiger partial charge in [0.05, 0.1) is 6.10 Å². The molecular weight excluding hydrogens is 436 g/mol. The zero-order valence-corrected chi connectivity index (χ0v) is 23.8. The SMILES string of the molecule is Cc1c(C)c2c(c(C)c1OC(C)C(=O)O)CCC(CCCC(C)CCC[C@H](C)CCCC(C)C)O2. The van der Waals surface area contributed by atoms with Gasteiger partial charge in [0.1, 0.15) is 11.5 Å². The van der Waals surface area contributed by atoms with Crippen molar-refractivity contribution in [3.05, 3.63) is 22.3 Å². The molecule has 3 unspecified atom stereocenters. The number of fused-ring (bicyclic) bond motifs is 1. The molecule has 4 heteroatoms. The van der Waals surface area contributed by atoms with Gasteiger partial charge in [0.2, 0.25) is 0 Å². The number of ether oxygens (including phenoxy) is 2. The maximum atomic E-state index is 11.3. The van der Waals surface area contributed by atoms with Crippen LogP contribution in [0.25, 0.3) is 0 Å². The van der Waals surface area contributed by atoms with Gasteiger partial charge in [-0.15, -0.1) is 0 Å². The summed E-state index contributed by atoms with van der Waals surface area (Å²) in [7, 11) is 0. The first-order valence-electron chi connectivity index (χ1n) is 14.2. The molecule has 0 fully saturated rings. The van der Waals surface area contributed by atoms with Crippen molar-refractivity contribution >= 4 is 5.97 Å². The number of carboxylic acid groups (broad SMARTS) is 1. The number of hydrogen-bond donors (Lipinski definition) is 1. The summed E-state index contributed by atoms with van der Waals surface area (Å²) in [4.78, 5) is 11.3. The van der Waals surface area contributed by atoms with Crippen molar-refractivity contribution in [2.24, 2.45) is 17.8 Å². The average molecular weight is 489 g/mol. The van der Waals surface area contributed by atoms with Crippen molar-refractivity contribution in [2.75, 3.05) is 0 Å². The highest BCUT2D eigenvalue weighted by Gasteiger charge is 2.28. The van der Waals surface area contributed by atoms with Crippen LogP contribution < -0.4 is 9.47 Å². The van der Waals surface area contributed by atoms with Crippen LogP contribution in [-0.4, -0.2) is 23.3 Å². The summed E-state index contributed by atoms with van der Waals surface area (Å²) in [6.45, 7) is 17.2. The molecule has 2 rings (SSSR count). The predicted octanol–water partition coefficient (Wildman–Crippen LogP) is 8.60. The van der Waals surface area contributed by atoms with Crippen LogP contribution in [0.15, 0.2) is 0 Å². The number of carboxylic acids is 1. The fourth-order valence-corrected chi connectivity index (χ4v) is 5.43. The number of benzene rings is 1. The molecule has 1 heterocycles. The van der Waals surface area contributed by atoms with E-state index in [4.69, 9.17) is 9.47 Å². The van der Waals surface area contributed by atoms with Crippen LogP contribution in [-0.2, 0) is 11.2 Å². The van der Waals surface area contributed by atoms with Crippen molar-refractivity contribution in [1.82, 2.24) is 0 Å². The van der Waals surface area contributed by atoms with E-state index in [-0.39, 0.29) is 6.10 Å². The molecule has 0 radical (unpaired) electrons. The quantitative estimate of drug-likeness (QED) is 0.268. The zero-order valence-electron chi connectivity index (χ0n) is 23.8. The Kier molecular flexibility index (Phi) is 11.9. The predicted molar refractivity (Wildman–Crippen MR) is 146 cm³/mol. The largest absolute Gasteiger partial charge is 0.490 e. The molecular formula is C31H52O4. The Morgan fingerprint density at radius 3 is 2.03 bits per heavy atom. The van der Waals surface area contributed by atoms with Gasteiger partial charge in [0.25, 0.3) is 0 Å². The Morgan fingerprint density at radius 1 is 0.886 bits per heavy atom. The van der Waals surface area contributed by atoms with E-state index in [0.717, 1.165) is 59.5 Å². The minimum atomic E-state index is -0.944. The molecule has 4 atom stereocenters. The van der Waals surface area contributed by atoms with Gasteiger partial charge in [-0.1, -0.05) is 72.6 Å². The summed E-state index contributed by atoms with van der Waals surface area (Å²) in [5.74, 6) is 3.26. The van der Waals surface area contributed by atoms with Crippen molar-refractivity contribution in [1.29, 1.82) is 0 Å². The first kappa shape index (κ1) is 29.5. The van der Waals surface area contributed by atoms with Gasteiger partial charge in [-0.3, -0.25) is 0 Å². The summed E-state index contributed by atoms with van der Waals surface area (Å²) in [5.41, 5.74) is 4.29. The van der Waals surface area contributed by atoms with Crippen molar-refractivity contribution in [3.8, 4) is 11.5 Å². The monoisotopic (exact) mass is 488 g/mol. The third kappa shape index (κ3) is 9.03. The summed E-state index contributed by atoms with van der Waals surface area (Å²) in [6, 6.07) is 0. The first-order valence-corrected chi connectivity index (χ1v) is 14.2. The number of carbonyl (C=O) groups is 1. The molecule has 0 spiro atoms. The van der Waals surface area contributed by atoms with Crippen LogP contribution in [0.4, 0.5) is 0 Å². The van der Waals surface area contributed by atoms with Gasteiger partial charge in [-0.2, -0.15) is 0 Å². The van der Waals surface area contributed by atoms with E-state index in [2.05, 4.69) is 34.6 Å². The van der Waals surface area contributed by atoms with Crippen LogP contribution in [0, 0.1) is 38.5 Å². The molecule has 1 aliphatic rings. The lowest BCUT2D eigenvalue weighted by Gasteiger charge is -2.31. The van der Waals surface area contributed by atoms with E-state index < -0.39 is 12.1 Å². The molecule has 0 saturated carbocycles. The third-order valence-corrected chi connectivity index (χ3v) is 8.05. The Balaban J connectivity index is 1.79. The van der Waals surface area contributed by atoms with Crippen LogP contribution in [0.3, 0.4) is 0 Å². The number of aliphatic carboxylic acids is 1. The van der Waals surface area contributed by atoms with E-state index in [1.165, 1.54) is 56.9 Å². The molecule has 1 aliphatic heterocycles. The fourth-order valence-electron chi connectivity index (χ4n) is 5.43.